The maximum atomic E-state index is 17.8. The molecule has 1 aromatic carbocycles. The fourth-order valence-corrected chi connectivity index (χ4v) is 9.81. The molecule has 0 bridgehead atoms. The number of carbonyl (C=O) groups is 5. The summed E-state index contributed by atoms with van der Waals surface area (Å²) < 4.78 is 40.1. The van der Waals surface area contributed by atoms with E-state index in [9.17, 15) is 39.2 Å². The molecule has 0 amide bonds. The number of rotatable bonds is 16. The van der Waals surface area contributed by atoms with E-state index in [4.69, 9.17) is 18.9 Å². The van der Waals surface area contributed by atoms with Crippen molar-refractivity contribution in [3.63, 3.8) is 0 Å². The first-order chi connectivity index (χ1) is 26.5. The molecule has 1 unspecified atom stereocenters. The van der Waals surface area contributed by atoms with Gasteiger partial charge in [0.15, 0.2) is 35.2 Å². The van der Waals surface area contributed by atoms with Gasteiger partial charge in [-0.05, 0) is 87.3 Å². The zero-order valence-corrected chi connectivity index (χ0v) is 32.4. The second kappa shape index (κ2) is 16.7. The number of hydrogen-bond acceptors (Lipinski definition) is 13. The maximum Gasteiger partial charge on any atom is 0.331 e. The number of hydrogen-bond donors (Lipinski definition) is 1. The van der Waals surface area contributed by atoms with Crippen LogP contribution in [0.15, 0.2) is 48.1 Å². The summed E-state index contributed by atoms with van der Waals surface area (Å²) in [5.74, 6) is -4.63. The molecule has 4 aliphatic rings. The van der Waals surface area contributed by atoms with Gasteiger partial charge >= 0.3 is 17.9 Å². The van der Waals surface area contributed by atoms with Crippen LogP contribution in [0.4, 0.5) is 4.39 Å². The number of aliphatic hydroxyl groups excluding tert-OH is 1. The van der Waals surface area contributed by atoms with Crippen LogP contribution in [0, 0.1) is 38.7 Å². The molecule has 3 fully saturated rings. The number of ether oxygens (including phenoxy) is 4. The standard InChI is InChI=1S/C41H50FNO13/c1-6-7-9-37(49)56-41(25(2)20-30-29-14-13-27-22-28(44)17-18-38(27,3)40(29,42)33(45)23-39(30,41)4)34(46)24-53-35(47)16-12-26-11-15-31(32(21-26)52-5)55-36(48)10-8-19-54-43(50)51/h11-12,15-18,21-22,25,29-30,33,45H,6-10,13-14,19-20,23-24H2,1-5H3/b16-12+/t25-,29?,30-,33-,38-,39-,40-,41-/m0/s1. The van der Waals surface area contributed by atoms with Gasteiger partial charge in [0.2, 0.25) is 5.78 Å². The molecule has 56 heavy (non-hydrogen) atoms. The van der Waals surface area contributed by atoms with E-state index >= 15 is 4.39 Å². The molecule has 1 aromatic rings. The fraction of sp³-hybridized carbons (Fsp3) is 0.585. The number of esters is 3. The third-order valence-corrected chi connectivity index (χ3v) is 12.5. The van der Waals surface area contributed by atoms with Crippen LogP contribution in [0.3, 0.4) is 0 Å². The van der Waals surface area contributed by atoms with Crippen molar-refractivity contribution in [2.45, 2.75) is 103 Å². The Kier molecular flexibility index (Phi) is 12.6. The van der Waals surface area contributed by atoms with Crippen molar-refractivity contribution in [2.75, 3.05) is 20.3 Å². The summed E-state index contributed by atoms with van der Waals surface area (Å²) in [5.41, 5.74) is -5.37. The second-order valence-electron chi connectivity index (χ2n) is 15.6. The molecule has 0 aromatic heterocycles. The Morgan fingerprint density at radius 1 is 1.09 bits per heavy atom. The Morgan fingerprint density at radius 2 is 1.82 bits per heavy atom. The lowest BCUT2D eigenvalue weighted by atomic mass is 9.44. The van der Waals surface area contributed by atoms with E-state index in [1.165, 1.54) is 43.5 Å². The lowest BCUT2D eigenvalue weighted by Gasteiger charge is -2.62. The Balaban J connectivity index is 1.33. The number of benzene rings is 1. The Hall–Kier alpha value is -4.92. The van der Waals surface area contributed by atoms with E-state index < -0.39 is 81.3 Å². The second-order valence-corrected chi connectivity index (χ2v) is 15.6. The van der Waals surface area contributed by atoms with Gasteiger partial charge in [0.25, 0.3) is 5.09 Å². The number of Topliss-reactive ketones (excluding diaryl/α,β-unsaturated/α-hetero) is 1. The lowest BCUT2D eigenvalue weighted by Crippen LogP contribution is -2.70. The molecule has 0 saturated heterocycles. The summed E-state index contributed by atoms with van der Waals surface area (Å²) in [4.78, 5) is 79.8. The van der Waals surface area contributed by atoms with Gasteiger partial charge in [-0.3, -0.25) is 19.2 Å². The molecule has 15 heteroatoms. The monoisotopic (exact) mass is 783 g/mol. The predicted octanol–water partition coefficient (Wildman–Crippen LogP) is 5.80. The zero-order valence-electron chi connectivity index (χ0n) is 32.4. The minimum Gasteiger partial charge on any atom is -0.493 e. The van der Waals surface area contributed by atoms with Gasteiger partial charge in [0, 0.05) is 41.6 Å². The number of ketones is 2. The number of methoxy groups -OCH3 is 1. The summed E-state index contributed by atoms with van der Waals surface area (Å²) in [5, 5.41) is 21.2. The van der Waals surface area contributed by atoms with Gasteiger partial charge in [-0.1, -0.05) is 44.9 Å². The number of alkyl halides is 1. The van der Waals surface area contributed by atoms with Gasteiger partial charge in [0.05, 0.1) is 19.8 Å². The van der Waals surface area contributed by atoms with Crippen LogP contribution in [0.1, 0.15) is 91.0 Å². The molecule has 304 valence electrons. The minimum absolute atomic E-state index is 0.0476. The van der Waals surface area contributed by atoms with Crippen molar-refractivity contribution in [3.8, 4) is 11.5 Å². The summed E-state index contributed by atoms with van der Waals surface area (Å²) in [6.45, 7) is 6.15. The largest absolute Gasteiger partial charge is 0.493 e. The number of carbonyl (C=O) groups excluding carboxylic acids is 5. The van der Waals surface area contributed by atoms with Crippen molar-refractivity contribution in [3.05, 3.63) is 63.8 Å². The van der Waals surface area contributed by atoms with Crippen molar-refractivity contribution < 1.29 is 62.3 Å². The Morgan fingerprint density at radius 3 is 2.52 bits per heavy atom. The highest BCUT2D eigenvalue weighted by atomic mass is 19.1. The van der Waals surface area contributed by atoms with Crippen LogP contribution in [-0.2, 0) is 38.3 Å². The summed E-state index contributed by atoms with van der Waals surface area (Å²) >= 11 is 0. The molecular formula is C41H50FNO13. The van der Waals surface area contributed by atoms with Crippen LogP contribution in [-0.4, -0.2) is 77.4 Å². The number of halogens is 1. The van der Waals surface area contributed by atoms with E-state index in [2.05, 4.69) is 4.84 Å². The first-order valence-electron chi connectivity index (χ1n) is 19.0. The van der Waals surface area contributed by atoms with Crippen LogP contribution in [0.2, 0.25) is 0 Å². The molecule has 5 rings (SSSR count). The highest BCUT2D eigenvalue weighted by Crippen LogP contribution is 2.71. The predicted molar refractivity (Wildman–Crippen MR) is 197 cm³/mol. The summed E-state index contributed by atoms with van der Waals surface area (Å²) in [6.07, 6.45) is 7.32. The maximum absolute atomic E-state index is 17.8. The van der Waals surface area contributed by atoms with Crippen LogP contribution in [0.5, 0.6) is 11.5 Å². The summed E-state index contributed by atoms with van der Waals surface area (Å²) in [6, 6.07) is 4.46. The molecule has 0 heterocycles. The fourth-order valence-electron chi connectivity index (χ4n) is 9.81. The van der Waals surface area contributed by atoms with Gasteiger partial charge < -0.3 is 28.9 Å². The average Bonchev–Trinajstić information content (AvgIpc) is 3.37. The van der Waals surface area contributed by atoms with Crippen molar-refractivity contribution in [2.24, 2.45) is 28.6 Å². The third-order valence-electron chi connectivity index (χ3n) is 12.5. The first kappa shape index (κ1) is 42.2. The highest BCUT2D eigenvalue weighted by molar-refractivity contribution is 6.01. The van der Waals surface area contributed by atoms with Crippen molar-refractivity contribution in [1.29, 1.82) is 0 Å². The molecular weight excluding hydrogens is 733 g/mol. The van der Waals surface area contributed by atoms with E-state index in [1.54, 1.807) is 26.8 Å². The number of allylic oxidation sites excluding steroid dienone is 4. The van der Waals surface area contributed by atoms with Crippen molar-refractivity contribution in [1.82, 2.24) is 0 Å². The van der Waals surface area contributed by atoms with Crippen LogP contribution < -0.4 is 9.47 Å². The minimum atomic E-state index is -2.15. The number of nitrogens with zero attached hydrogens (tertiary/aromatic N) is 1. The molecule has 3 saturated carbocycles. The molecule has 0 spiro atoms. The SMILES string of the molecule is CCCCC(=O)O[C@]1(C(=O)COC(=O)/C=C/c2ccc(OC(=O)CCCO[N+](=O)[O-])c(OC)c2)[C@@H](C)C[C@H]2C3CCC4=CC(=O)C=C[C@]4(C)[C@@]3(F)[C@@H](O)C[C@@]21C. The van der Waals surface area contributed by atoms with Gasteiger partial charge in [-0.25, -0.2) is 9.18 Å². The van der Waals surface area contributed by atoms with Gasteiger partial charge in [-0.15, -0.1) is 10.1 Å². The normalized spacial score (nSPS) is 31.7. The van der Waals surface area contributed by atoms with E-state index in [0.717, 1.165) is 6.08 Å². The molecule has 14 nitrogen and oxygen atoms in total. The molecule has 4 aliphatic carbocycles. The lowest BCUT2D eigenvalue weighted by molar-refractivity contribution is -0.757. The smallest absolute Gasteiger partial charge is 0.331 e. The Labute approximate surface area is 324 Å². The van der Waals surface area contributed by atoms with Crippen molar-refractivity contribution >= 4 is 35.6 Å². The molecule has 1 N–H and O–H groups in total. The van der Waals surface area contributed by atoms with Crippen LogP contribution >= 0.6 is 0 Å². The van der Waals surface area contributed by atoms with Gasteiger partial charge in [0.1, 0.15) is 0 Å². The third kappa shape index (κ3) is 7.61. The zero-order chi connectivity index (χ0) is 41.1. The van der Waals surface area contributed by atoms with Crippen LogP contribution in [0.25, 0.3) is 6.08 Å². The molecule has 0 aliphatic heterocycles. The van der Waals surface area contributed by atoms with E-state index in [0.29, 0.717) is 43.2 Å². The Bertz CT molecular complexity index is 1840. The molecule has 0 radical (unpaired) electrons. The van der Waals surface area contributed by atoms with E-state index in [1.807, 2.05) is 6.92 Å². The van der Waals surface area contributed by atoms with Gasteiger partial charge in [-0.2, -0.15) is 0 Å². The topological polar surface area (TPSA) is 195 Å². The molecule has 8 atom stereocenters. The number of fused-ring (bicyclic) bond motifs is 5. The highest BCUT2D eigenvalue weighted by Gasteiger charge is 2.77. The number of unbranched alkanes of at least 4 members (excludes halogenated alkanes) is 1. The first-order valence-corrected chi connectivity index (χ1v) is 19.0. The summed E-state index contributed by atoms with van der Waals surface area (Å²) in [7, 11) is 1.35. The van der Waals surface area contributed by atoms with E-state index in [-0.39, 0.29) is 49.6 Å². The average molecular weight is 784 g/mol. The number of aliphatic hydroxyl groups is 1. The quantitative estimate of drug-likeness (QED) is 0.0528.